The molecule has 0 spiro atoms. The SMILES string of the molecule is COCc1nc2n(n1)CCC[C@H]2NS(=O)(=O)Cc1cc(Cl)ccc1F. The van der Waals surface area contributed by atoms with Crippen LogP contribution in [0.15, 0.2) is 18.2 Å². The third kappa shape index (κ3) is 4.35. The fourth-order valence-corrected chi connectivity index (χ4v) is 4.38. The number of methoxy groups -OCH3 is 1. The van der Waals surface area contributed by atoms with E-state index < -0.39 is 27.6 Å². The smallest absolute Gasteiger partial charge is 0.216 e. The van der Waals surface area contributed by atoms with Gasteiger partial charge in [0.2, 0.25) is 10.0 Å². The van der Waals surface area contributed by atoms with Crippen molar-refractivity contribution in [3.63, 3.8) is 0 Å². The van der Waals surface area contributed by atoms with E-state index in [0.717, 1.165) is 12.5 Å². The summed E-state index contributed by atoms with van der Waals surface area (Å²) < 4.78 is 48.1. The maximum absolute atomic E-state index is 13.8. The number of aromatic nitrogens is 3. The molecule has 7 nitrogen and oxygen atoms in total. The Morgan fingerprint density at radius 1 is 1.48 bits per heavy atom. The molecule has 2 heterocycles. The second kappa shape index (κ2) is 7.36. The van der Waals surface area contributed by atoms with Gasteiger partial charge in [0.1, 0.15) is 18.2 Å². The third-order valence-corrected chi connectivity index (χ3v) is 5.44. The van der Waals surface area contributed by atoms with E-state index in [1.54, 1.807) is 11.8 Å². The summed E-state index contributed by atoms with van der Waals surface area (Å²) in [6.07, 6.45) is 1.36. The van der Waals surface area contributed by atoms with E-state index in [4.69, 9.17) is 16.3 Å². The van der Waals surface area contributed by atoms with Crippen molar-refractivity contribution in [2.75, 3.05) is 7.11 Å². The Hall–Kier alpha value is -1.55. The molecule has 0 bridgehead atoms. The topological polar surface area (TPSA) is 86.1 Å². The zero-order chi connectivity index (χ0) is 18.0. The molecule has 1 aromatic heterocycles. The molecule has 136 valence electrons. The van der Waals surface area contributed by atoms with Crippen molar-refractivity contribution in [2.24, 2.45) is 0 Å². The van der Waals surface area contributed by atoms with Gasteiger partial charge in [0.15, 0.2) is 5.82 Å². The molecule has 0 saturated heterocycles. The predicted octanol–water partition coefficient (Wildman–Crippen LogP) is 2.17. The summed E-state index contributed by atoms with van der Waals surface area (Å²) in [7, 11) is -2.24. The quantitative estimate of drug-likeness (QED) is 0.819. The van der Waals surface area contributed by atoms with Crippen LogP contribution < -0.4 is 4.72 Å². The lowest BCUT2D eigenvalue weighted by atomic mass is 10.1. The number of hydrogen-bond acceptors (Lipinski definition) is 5. The van der Waals surface area contributed by atoms with Gasteiger partial charge in [-0.3, -0.25) is 0 Å². The van der Waals surface area contributed by atoms with Gasteiger partial charge in [0.05, 0.1) is 11.8 Å². The van der Waals surface area contributed by atoms with Crippen molar-refractivity contribution in [3.05, 3.63) is 46.3 Å². The number of rotatable bonds is 6. The minimum absolute atomic E-state index is 0.0253. The van der Waals surface area contributed by atoms with Crippen LogP contribution in [-0.4, -0.2) is 30.3 Å². The first kappa shape index (κ1) is 18.2. The van der Waals surface area contributed by atoms with Crippen LogP contribution in [0.25, 0.3) is 0 Å². The van der Waals surface area contributed by atoms with Crippen molar-refractivity contribution in [2.45, 2.75) is 37.8 Å². The van der Waals surface area contributed by atoms with Crippen LogP contribution >= 0.6 is 11.6 Å². The van der Waals surface area contributed by atoms with Gasteiger partial charge in [0, 0.05) is 24.2 Å². The van der Waals surface area contributed by atoms with Crippen LogP contribution in [0.4, 0.5) is 4.39 Å². The first-order valence-electron chi connectivity index (χ1n) is 7.74. The van der Waals surface area contributed by atoms with Crippen LogP contribution in [0.3, 0.4) is 0 Å². The second-order valence-electron chi connectivity index (χ2n) is 5.85. The lowest BCUT2D eigenvalue weighted by Gasteiger charge is -2.23. The zero-order valence-electron chi connectivity index (χ0n) is 13.6. The van der Waals surface area contributed by atoms with Crippen molar-refractivity contribution >= 4 is 21.6 Å². The molecule has 1 atom stereocenters. The fourth-order valence-electron chi connectivity index (χ4n) is 2.82. The van der Waals surface area contributed by atoms with E-state index >= 15 is 0 Å². The monoisotopic (exact) mass is 388 g/mol. The highest BCUT2D eigenvalue weighted by Gasteiger charge is 2.28. The minimum Gasteiger partial charge on any atom is -0.377 e. The molecule has 1 aliphatic heterocycles. The summed E-state index contributed by atoms with van der Waals surface area (Å²) in [5.74, 6) is -0.0449. The number of benzene rings is 1. The Kier molecular flexibility index (Phi) is 5.38. The highest BCUT2D eigenvalue weighted by molar-refractivity contribution is 7.88. The van der Waals surface area contributed by atoms with E-state index in [9.17, 15) is 12.8 Å². The van der Waals surface area contributed by atoms with Crippen molar-refractivity contribution in [1.29, 1.82) is 0 Å². The van der Waals surface area contributed by atoms with E-state index in [-0.39, 0.29) is 17.2 Å². The standard InChI is InChI=1S/C15H18ClFN4O3S/c1-24-8-14-18-15-13(3-2-6-21(15)19-14)20-25(22,23)9-10-7-11(16)4-5-12(10)17/h4-5,7,13,20H,2-3,6,8-9H2,1H3/t13-/m1/s1. The summed E-state index contributed by atoms with van der Waals surface area (Å²) >= 11 is 5.82. The molecule has 25 heavy (non-hydrogen) atoms. The second-order valence-corrected chi connectivity index (χ2v) is 8.04. The number of ether oxygens (including phenoxy) is 1. The fraction of sp³-hybridized carbons (Fsp3) is 0.467. The lowest BCUT2D eigenvalue weighted by Crippen LogP contribution is -2.34. The van der Waals surface area contributed by atoms with Gasteiger partial charge in [-0.05, 0) is 31.0 Å². The molecule has 0 amide bonds. The molecule has 2 aromatic rings. The summed E-state index contributed by atoms with van der Waals surface area (Å²) in [4.78, 5) is 4.35. The average molecular weight is 389 g/mol. The van der Waals surface area contributed by atoms with Gasteiger partial charge in [-0.1, -0.05) is 11.6 Å². The zero-order valence-corrected chi connectivity index (χ0v) is 15.1. The minimum atomic E-state index is -3.78. The Morgan fingerprint density at radius 3 is 3.04 bits per heavy atom. The van der Waals surface area contributed by atoms with Gasteiger partial charge in [-0.2, -0.15) is 5.10 Å². The van der Waals surface area contributed by atoms with Gasteiger partial charge >= 0.3 is 0 Å². The molecule has 3 rings (SSSR count). The van der Waals surface area contributed by atoms with E-state index in [0.29, 0.717) is 24.6 Å². The molecular weight excluding hydrogens is 371 g/mol. The molecule has 0 radical (unpaired) electrons. The summed E-state index contributed by atoms with van der Waals surface area (Å²) in [5, 5.41) is 4.58. The van der Waals surface area contributed by atoms with Crippen molar-refractivity contribution in [1.82, 2.24) is 19.5 Å². The van der Waals surface area contributed by atoms with Crippen LogP contribution in [0.2, 0.25) is 5.02 Å². The highest BCUT2D eigenvalue weighted by atomic mass is 35.5. The van der Waals surface area contributed by atoms with Crippen LogP contribution in [0, 0.1) is 5.82 Å². The molecule has 1 aromatic carbocycles. The number of halogens is 2. The maximum Gasteiger partial charge on any atom is 0.216 e. The lowest BCUT2D eigenvalue weighted by molar-refractivity contribution is 0.177. The highest BCUT2D eigenvalue weighted by Crippen LogP contribution is 2.25. The molecular formula is C15H18ClFN4O3S. The molecule has 1 aliphatic rings. The number of nitrogens with one attached hydrogen (secondary N) is 1. The molecule has 0 fully saturated rings. The molecule has 0 unspecified atom stereocenters. The number of aryl methyl sites for hydroxylation is 1. The Labute approximate surface area is 150 Å². The molecule has 1 N–H and O–H groups in total. The molecule has 0 saturated carbocycles. The van der Waals surface area contributed by atoms with Crippen LogP contribution in [0.5, 0.6) is 0 Å². The van der Waals surface area contributed by atoms with E-state index in [2.05, 4.69) is 14.8 Å². The van der Waals surface area contributed by atoms with Crippen LogP contribution in [0.1, 0.15) is 36.1 Å². The van der Waals surface area contributed by atoms with E-state index in [1.165, 1.54) is 12.1 Å². The van der Waals surface area contributed by atoms with E-state index in [1.807, 2.05) is 0 Å². The average Bonchev–Trinajstić information content (AvgIpc) is 2.94. The summed E-state index contributed by atoms with van der Waals surface area (Å²) in [6, 6.07) is 3.35. The van der Waals surface area contributed by atoms with Gasteiger partial charge in [-0.15, -0.1) is 0 Å². The third-order valence-electron chi connectivity index (χ3n) is 3.87. The molecule has 0 aliphatic carbocycles. The maximum atomic E-state index is 13.8. The first-order chi connectivity index (χ1) is 11.9. The number of hydrogen-bond donors (Lipinski definition) is 1. The van der Waals surface area contributed by atoms with Crippen molar-refractivity contribution < 1.29 is 17.5 Å². The number of sulfonamides is 1. The van der Waals surface area contributed by atoms with Gasteiger partial charge in [-0.25, -0.2) is 27.2 Å². The largest absolute Gasteiger partial charge is 0.377 e. The Morgan fingerprint density at radius 2 is 2.28 bits per heavy atom. The Balaban J connectivity index is 1.79. The molecule has 10 heteroatoms. The number of nitrogens with zero attached hydrogens (tertiary/aromatic N) is 3. The summed E-state index contributed by atoms with van der Waals surface area (Å²) in [6.45, 7) is 0.931. The van der Waals surface area contributed by atoms with Gasteiger partial charge < -0.3 is 4.74 Å². The predicted molar refractivity (Wildman–Crippen MR) is 89.9 cm³/mol. The van der Waals surface area contributed by atoms with Crippen LogP contribution in [-0.2, 0) is 33.7 Å². The summed E-state index contributed by atoms with van der Waals surface area (Å²) in [5.41, 5.74) is 0.0253. The number of fused-ring (bicyclic) bond motifs is 1. The Bertz CT molecular complexity index is 872. The van der Waals surface area contributed by atoms with Crippen molar-refractivity contribution in [3.8, 4) is 0 Å². The van der Waals surface area contributed by atoms with Gasteiger partial charge in [0.25, 0.3) is 0 Å². The normalized spacial score (nSPS) is 17.5. The first-order valence-corrected chi connectivity index (χ1v) is 9.77.